The third kappa shape index (κ3) is 3.95. The zero-order valence-corrected chi connectivity index (χ0v) is 12.9. The molecule has 0 fully saturated rings. The maximum absolute atomic E-state index is 6.01. The standard InChI is InChI=1S/C14H17Cl2N3O/c1-8(2)5-12(17)14-18-13(19-20-14)7-9-3-4-10(15)11(16)6-9/h3-4,6,8,12H,5,7,17H2,1-2H3/t12-/m0/s1. The van der Waals surface area contributed by atoms with Crippen molar-refractivity contribution in [3.05, 3.63) is 45.5 Å². The highest BCUT2D eigenvalue weighted by atomic mass is 35.5. The lowest BCUT2D eigenvalue weighted by atomic mass is 10.0. The molecule has 1 atom stereocenters. The first-order valence-corrected chi connectivity index (χ1v) is 7.23. The SMILES string of the molecule is CC(C)C[C@H](N)c1nc(Cc2ccc(Cl)c(Cl)c2)no1. The molecule has 1 aromatic heterocycles. The highest BCUT2D eigenvalue weighted by Crippen LogP contribution is 2.24. The molecule has 6 heteroatoms. The molecule has 0 aliphatic rings. The number of hydrogen-bond donors (Lipinski definition) is 1. The van der Waals surface area contributed by atoms with Crippen molar-refractivity contribution < 1.29 is 4.52 Å². The molecule has 0 amide bonds. The van der Waals surface area contributed by atoms with E-state index in [1.807, 2.05) is 6.07 Å². The second kappa shape index (κ2) is 6.57. The topological polar surface area (TPSA) is 64.9 Å². The number of nitrogens with two attached hydrogens (primary N) is 1. The van der Waals surface area contributed by atoms with Crippen molar-refractivity contribution >= 4 is 23.2 Å². The van der Waals surface area contributed by atoms with E-state index in [0.717, 1.165) is 12.0 Å². The molecule has 1 aromatic carbocycles. The molecule has 108 valence electrons. The zero-order valence-electron chi connectivity index (χ0n) is 11.4. The van der Waals surface area contributed by atoms with Crippen molar-refractivity contribution in [1.82, 2.24) is 10.1 Å². The third-order valence-electron chi connectivity index (χ3n) is 2.87. The van der Waals surface area contributed by atoms with Crippen LogP contribution in [-0.4, -0.2) is 10.1 Å². The first-order valence-electron chi connectivity index (χ1n) is 6.47. The predicted molar refractivity (Wildman–Crippen MR) is 79.9 cm³/mol. The van der Waals surface area contributed by atoms with Gasteiger partial charge < -0.3 is 10.3 Å². The summed E-state index contributed by atoms with van der Waals surface area (Å²) in [5, 5.41) is 5.00. The van der Waals surface area contributed by atoms with Crippen LogP contribution in [0.1, 0.15) is 43.6 Å². The summed E-state index contributed by atoms with van der Waals surface area (Å²) >= 11 is 11.9. The van der Waals surface area contributed by atoms with Gasteiger partial charge in [-0.3, -0.25) is 0 Å². The minimum Gasteiger partial charge on any atom is -0.338 e. The summed E-state index contributed by atoms with van der Waals surface area (Å²) in [4.78, 5) is 4.33. The zero-order chi connectivity index (χ0) is 14.7. The van der Waals surface area contributed by atoms with Gasteiger partial charge in [0.15, 0.2) is 5.82 Å². The Labute approximate surface area is 128 Å². The Hall–Kier alpha value is -1.10. The molecule has 0 saturated carbocycles. The first-order chi connectivity index (χ1) is 9.45. The Balaban J connectivity index is 2.07. The summed E-state index contributed by atoms with van der Waals surface area (Å²) in [5.74, 6) is 1.56. The van der Waals surface area contributed by atoms with Crippen LogP contribution in [0.15, 0.2) is 22.7 Å². The lowest BCUT2D eigenvalue weighted by Gasteiger charge is -2.08. The monoisotopic (exact) mass is 313 g/mol. The number of halogens is 2. The molecular formula is C14H17Cl2N3O. The molecule has 0 unspecified atom stereocenters. The van der Waals surface area contributed by atoms with Gasteiger partial charge in [-0.1, -0.05) is 48.3 Å². The molecule has 4 nitrogen and oxygen atoms in total. The summed E-state index contributed by atoms with van der Waals surface area (Å²) in [6.07, 6.45) is 1.35. The number of hydrogen-bond acceptors (Lipinski definition) is 4. The normalized spacial score (nSPS) is 12.9. The van der Waals surface area contributed by atoms with Crippen LogP contribution in [0.2, 0.25) is 10.0 Å². The van der Waals surface area contributed by atoms with Crippen LogP contribution >= 0.6 is 23.2 Å². The Morgan fingerprint density at radius 3 is 2.65 bits per heavy atom. The minimum atomic E-state index is -0.218. The Bertz CT molecular complexity index is 584. The highest BCUT2D eigenvalue weighted by Gasteiger charge is 2.16. The largest absolute Gasteiger partial charge is 0.338 e. The van der Waals surface area contributed by atoms with Crippen LogP contribution in [0.4, 0.5) is 0 Å². The van der Waals surface area contributed by atoms with E-state index < -0.39 is 0 Å². The van der Waals surface area contributed by atoms with Crippen LogP contribution in [-0.2, 0) is 6.42 Å². The molecule has 0 spiro atoms. The van der Waals surface area contributed by atoms with Gasteiger partial charge in [0.05, 0.1) is 16.1 Å². The van der Waals surface area contributed by atoms with Gasteiger partial charge in [0.2, 0.25) is 5.89 Å². The van der Waals surface area contributed by atoms with Crippen molar-refractivity contribution in [3.63, 3.8) is 0 Å². The number of rotatable bonds is 5. The average Bonchev–Trinajstić information content (AvgIpc) is 2.82. The van der Waals surface area contributed by atoms with Crippen molar-refractivity contribution in [2.45, 2.75) is 32.7 Å². The summed E-state index contributed by atoms with van der Waals surface area (Å²) in [6.45, 7) is 4.21. The average molecular weight is 314 g/mol. The molecule has 2 N–H and O–H groups in total. The summed E-state index contributed by atoms with van der Waals surface area (Å²) in [6, 6.07) is 5.22. The summed E-state index contributed by atoms with van der Waals surface area (Å²) < 4.78 is 5.21. The van der Waals surface area contributed by atoms with E-state index in [1.54, 1.807) is 12.1 Å². The van der Waals surface area contributed by atoms with Gasteiger partial charge in [0.25, 0.3) is 0 Å². The molecule has 0 radical (unpaired) electrons. The Morgan fingerprint density at radius 2 is 2.00 bits per heavy atom. The van der Waals surface area contributed by atoms with E-state index in [9.17, 15) is 0 Å². The van der Waals surface area contributed by atoms with Crippen molar-refractivity contribution in [2.75, 3.05) is 0 Å². The smallest absolute Gasteiger partial charge is 0.243 e. The van der Waals surface area contributed by atoms with Crippen LogP contribution in [0, 0.1) is 5.92 Å². The quantitative estimate of drug-likeness (QED) is 0.905. The second-order valence-corrected chi connectivity index (χ2v) is 6.02. The fourth-order valence-corrected chi connectivity index (χ4v) is 2.25. The maximum Gasteiger partial charge on any atom is 0.243 e. The molecular weight excluding hydrogens is 297 g/mol. The fraction of sp³-hybridized carbons (Fsp3) is 0.429. The second-order valence-electron chi connectivity index (χ2n) is 5.21. The molecule has 1 heterocycles. The molecule has 0 bridgehead atoms. The Kier molecular flexibility index (Phi) is 5.02. The van der Waals surface area contributed by atoms with E-state index in [1.165, 1.54) is 0 Å². The number of aromatic nitrogens is 2. The lowest BCUT2D eigenvalue weighted by Crippen LogP contribution is -2.13. The van der Waals surface area contributed by atoms with Crippen LogP contribution < -0.4 is 5.73 Å². The maximum atomic E-state index is 6.01. The predicted octanol–water partition coefficient (Wildman–Crippen LogP) is 4.01. The van der Waals surface area contributed by atoms with Gasteiger partial charge in [0, 0.05) is 6.42 Å². The van der Waals surface area contributed by atoms with Gasteiger partial charge in [-0.05, 0) is 30.0 Å². The molecule has 0 aliphatic carbocycles. The molecule has 2 aromatic rings. The van der Waals surface area contributed by atoms with E-state index in [0.29, 0.717) is 34.1 Å². The fourth-order valence-electron chi connectivity index (χ4n) is 1.93. The molecule has 0 aliphatic heterocycles. The Morgan fingerprint density at radius 1 is 1.25 bits per heavy atom. The van der Waals surface area contributed by atoms with Gasteiger partial charge >= 0.3 is 0 Å². The lowest BCUT2D eigenvalue weighted by molar-refractivity contribution is 0.333. The van der Waals surface area contributed by atoms with Gasteiger partial charge in [-0.2, -0.15) is 4.98 Å². The molecule has 2 rings (SSSR count). The third-order valence-corrected chi connectivity index (χ3v) is 3.61. The molecule has 0 saturated heterocycles. The minimum absolute atomic E-state index is 0.218. The van der Waals surface area contributed by atoms with Gasteiger partial charge in [-0.15, -0.1) is 0 Å². The van der Waals surface area contributed by atoms with Gasteiger partial charge in [-0.25, -0.2) is 0 Å². The number of nitrogens with zero attached hydrogens (tertiary/aromatic N) is 2. The van der Waals surface area contributed by atoms with Crippen LogP contribution in [0.25, 0.3) is 0 Å². The van der Waals surface area contributed by atoms with Crippen molar-refractivity contribution in [3.8, 4) is 0 Å². The first kappa shape index (κ1) is 15.3. The van der Waals surface area contributed by atoms with Gasteiger partial charge in [0.1, 0.15) is 0 Å². The highest BCUT2D eigenvalue weighted by molar-refractivity contribution is 6.42. The van der Waals surface area contributed by atoms with E-state index in [2.05, 4.69) is 24.0 Å². The van der Waals surface area contributed by atoms with Crippen LogP contribution in [0.5, 0.6) is 0 Å². The van der Waals surface area contributed by atoms with E-state index >= 15 is 0 Å². The van der Waals surface area contributed by atoms with Crippen molar-refractivity contribution in [2.24, 2.45) is 11.7 Å². The number of benzene rings is 1. The van der Waals surface area contributed by atoms with Crippen LogP contribution in [0.3, 0.4) is 0 Å². The summed E-state index contributed by atoms with van der Waals surface area (Å²) in [5.41, 5.74) is 6.99. The summed E-state index contributed by atoms with van der Waals surface area (Å²) in [7, 11) is 0. The molecule has 20 heavy (non-hydrogen) atoms. The van der Waals surface area contributed by atoms with E-state index in [4.69, 9.17) is 33.5 Å². The van der Waals surface area contributed by atoms with Crippen molar-refractivity contribution in [1.29, 1.82) is 0 Å². The van der Waals surface area contributed by atoms with E-state index in [-0.39, 0.29) is 6.04 Å².